The summed E-state index contributed by atoms with van der Waals surface area (Å²) in [5.41, 5.74) is 3.25. The van der Waals surface area contributed by atoms with Crippen molar-refractivity contribution in [3.8, 4) is 5.75 Å². The highest BCUT2D eigenvalue weighted by atomic mass is 35.5. The van der Waals surface area contributed by atoms with Crippen LogP contribution in [0, 0.1) is 6.92 Å². The summed E-state index contributed by atoms with van der Waals surface area (Å²) in [6.45, 7) is 2.76. The van der Waals surface area contributed by atoms with Gasteiger partial charge in [-0.3, -0.25) is 4.42 Å². The molecular formula is C12H11Cl2NOS. The van der Waals surface area contributed by atoms with Crippen molar-refractivity contribution >= 4 is 50.5 Å². The van der Waals surface area contributed by atoms with Crippen LogP contribution in [-0.4, -0.2) is 17.5 Å². The number of halogens is 2. The van der Waals surface area contributed by atoms with E-state index in [1.165, 1.54) is 11.1 Å². The number of hydrogen-bond acceptors (Lipinski definition) is 3. The topological polar surface area (TPSA) is 23.5 Å². The van der Waals surface area contributed by atoms with Gasteiger partial charge in [0.2, 0.25) is 0 Å². The average Bonchev–Trinajstić information content (AvgIpc) is 2.82. The summed E-state index contributed by atoms with van der Waals surface area (Å²) < 4.78 is 2.59. The Morgan fingerprint density at radius 3 is 3.06 bits per heavy atom. The van der Waals surface area contributed by atoms with E-state index in [1.54, 1.807) is 21.8 Å². The van der Waals surface area contributed by atoms with E-state index >= 15 is 0 Å². The largest absolute Gasteiger partial charge is 0.506 e. The summed E-state index contributed by atoms with van der Waals surface area (Å²) in [6.07, 6.45) is 0. The Bertz CT molecular complexity index is 596. The number of phenolic OH excluding ortho intramolecular Hbond substituents is 1. The molecule has 0 spiro atoms. The molecule has 1 aliphatic heterocycles. The van der Waals surface area contributed by atoms with Gasteiger partial charge >= 0.3 is 0 Å². The summed E-state index contributed by atoms with van der Waals surface area (Å²) in [4.78, 5) is 0. The third kappa shape index (κ3) is 1.53. The number of thiophene rings is 1. The van der Waals surface area contributed by atoms with E-state index in [4.69, 9.17) is 23.4 Å². The number of benzene rings is 1. The van der Waals surface area contributed by atoms with Crippen molar-refractivity contribution in [2.75, 3.05) is 16.8 Å². The van der Waals surface area contributed by atoms with Crippen molar-refractivity contribution in [3.63, 3.8) is 0 Å². The minimum Gasteiger partial charge on any atom is -0.506 e. The fourth-order valence-corrected chi connectivity index (χ4v) is 4.03. The summed E-state index contributed by atoms with van der Waals surface area (Å²) in [6, 6.07) is 1.74. The molecule has 2 nitrogen and oxygen atoms in total. The number of alkyl halides is 1. The zero-order valence-corrected chi connectivity index (χ0v) is 11.5. The smallest absolute Gasteiger partial charge is 0.135 e. The van der Waals surface area contributed by atoms with Crippen molar-refractivity contribution in [1.29, 1.82) is 0 Å². The molecule has 0 saturated carbocycles. The minimum absolute atomic E-state index is 0.237. The third-order valence-corrected chi connectivity index (χ3v) is 5.08. The number of aromatic hydroxyl groups is 1. The first-order valence-electron chi connectivity index (χ1n) is 5.36. The van der Waals surface area contributed by atoms with E-state index < -0.39 is 0 Å². The standard InChI is InChI=1S/C12H11Cl2NOS/c1-6-5-17-12-9(16)2-8-11(10(6)12)7(3-13)4-15(8)14/h2,5,7,16H,3-4H2,1H3/t7-/m0/s1. The first kappa shape index (κ1) is 11.5. The maximum absolute atomic E-state index is 10.0. The van der Waals surface area contributed by atoms with Crippen LogP contribution in [0.1, 0.15) is 17.0 Å². The molecule has 1 aromatic carbocycles. The van der Waals surface area contributed by atoms with Crippen molar-refractivity contribution < 1.29 is 5.11 Å². The predicted molar refractivity (Wildman–Crippen MR) is 74.9 cm³/mol. The van der Waals surface area contributed by atoms with Gasteiger partial charge in [0.25, 0.3) is 0 Å². The van der Waals surface area contributed by atoms with Crippen LogP contribution in [0.3, 0.4) is 0 Å². The molecular weight excluding hydrogens is 277 g/mol. The van der Waals surface area contributed by atoms with E-state index in [9.17, 15) is 5.11 Å². The van der Waals surface area contributed by atoms with Crippen molar-refractivity contribution in [2.45, 2.75) is 12.8 Å². The zero-order chi connectivity index (χ0) is 12.2. The lowest BCUT2D eigenvalue weighted by Crippen LogP contribution is -2.09. The van der Waals surface area contributed by atoms with Gasteiger partial charge in [-0.1, -0.05) is 0 Å². The lowest BCUT2D eigenvalue weighted by molar-refractivity contribution is 0.482. The molecule has 1 atom stereocenters. The van der Waals surface area contributed by atoms with Crippen LogP contribution >= 0.6 is 34.7 Å². The first-order valence-corrected chi connectivity index (χ1v) is 7.11. The van der Waals surface area contributed by atoms with Gasteiger partial charge in [0.15, 0.2) is 0 Å². The molecule has 3 rings (SSSR count). The van der Waals surface area contributed by atoms with E-state index in [0.717, 1.165) is 15.8 Å². The van der Waals surface area contributed by atoms with Gasteiger partial charge in [-0.05, 0) is 23.4 Å². The Morgan fingerprint density at radius 1 is 1.59 bits per heavy atom. The molecule has 0 amide bonds. The Morgan fingerprint density at radius 2 is 2.35 bits per heavy atom. The molecule has 0 fully saturated rings. The number of hydrogen-bond donors (Lipinski definition) is 1. The van der Waals surface area contributed by atoms with Crippen molar-refractivity contribution in [2.24, 2.45) is 0 Å². The number of fused-ring (bicyclic) bond motifs is 3. The molecule has 0 saturated heterocycles. The Kier molecular flexibility index (Phi) is 2.65. The Labute approximate surface area is 113 Å². The molecule has 1 aliphatic rings. The molecule has 0 bridgehead atoms. The van der Waals surface area contributed by atoms with Gasteiger partial charge in [0.05, 0.1) is 10.4 Å². The second kappa shape index (κ2) is 3.94. The molecule has 2 heterocycles. The van der Waals surface area contributed by atoms with E-state index in [0.29, 0.717) is 18.2 Å². The second-order valence-electron chi connectivity index (χ2n) is 4.35. The quantitative estimate of drug-likeness (QED) is 0.627. The van der Waals surface area contributed by atoms with Crippen LogP contribution in [0.25, 0.3) is 10.1 Å². The molecule has 5 heteroatoms. The maximum Gasteiger partial charge on any atom is 0.135 e. The molecule has 90 valence electrons. The molecule has 0 radical (unpaired) electrons. The van der Waals surface area contributed by atoms with E-state index in [1.807, 2.05) is 0 Å². The summed E-state index contributed by atoms with van der Waals surface area (Å²) in [5, 5.41) is 13.2. The normalized spacial score (nSPS) is 19.0. The Balaban J connectivity index is 2.41. The summed E-state index contributed by atoms with van der Waals surface area (Å²) in [5.74, 6) is 1.09. The predicted octanol–water partition coefficient (Wildman–Crippen LogP) is 4.21. The zero-order valence-electron chi connectivity index (χ0n) is 9.20. The number of aryl methyl sites for hydroxylation is 1. The highest BCUT2D eigenvalue weighted by molar-refractivity contribution is 7.17. The van der Waals surface area contributed by atoms with Crippen LogP contribution < -0.4 is 4.42 Å². The molecule has 0 unspecified atom stereocenters. The molecule has 0 aliphatic carbocycles. The van der Waals surface area contributed by atoms with Gasteiger partial charge in [-0.2, -0.15) is 0 Å². The fraction of sp³-hybridized carbons (Fsp3) is 0.333. The van der Waals surface area contributed by atoms with Crippen LogP contribution in [-0.2, 0) is 0 Å². The molecule has 1 aromatic heterocycles. The first-order chi connectivity index (χ1) is 8.13. The fourth-order valence-electron chi connectivity index (χ4n) is 2.49. The van der Waals surface area contributed by atoms with Crippen LogP contribution in [0.2, 0.25) is 0 Å². The van der Waals surface area contributed by atoms with Crippen LogP contribution in [0.15, 0.2) is 11.4 Å². The van der Waals surface area contributed by atoms with Crippen LogP contribution in [0.5, 0.6) is 5.75 Å². The molecule has 2 aromatic rings. The monoisotopic (exact) mass is 287 g/mol. The number of phenols is 1. The lowest BCUT2D eigenvalue weighted by Gasteiger charge is -2.10. The van der Waals surface area contributed by atoms with Crippen molar-refractivity contribution in [1.82, 2.24) is 0 Å². The Hall–Kier alpha value is -0.640. The van der Waals surface area contributed by atoms with Crippen molar-refractivity contribution in [3.05, 3.63) is 22.6 Å². The maximum atomic E-state index is 10.0. The number of anilines is 1. The highest BCUT2D eigenvalue weighted by Crippen LogP contribution is 2.48. The summed E-state index contributed by atoms with van der Waals surface area (Å²) in [7, 11) is 0. The van der Waals surface area contributed by atoms with E-state index in [-0.39, 0.29) is 5.92 Å². The van der Waals surface area contributed by atoms with Gasteiger partial charge in [-0.15, -0.1) is 22.9 Å². The van der Waals surface area contributed by atoms with Gasteiger partial charge in [0.1, 0.15) is 5.75 Å². The van der Waals surface area contributed by atoms with Gasteiger partial charge < -0.3 is 5.11 Å². The number of nitrogens with zero attached hydrogens (tertiary/aromatic N) is 1. The third-order valence-electron chi connectivity index (χ3n) is 3.26. The van der Waals surface area contributed by atoms with Gasteiger partial charge in [0, 0.05) is 41.6 Å². The van der Waals surface area contributed by atoms with Gasteiger partial charge in [-0.25, -0.2) is 0 Å². The SMILES string of the molecule is Cc1csc2c(O)cc3c(c12)[C@@H](CCl)CN3Cl. The number of rotatable bonds is 1. The lowest BCUT2D eigenvalue weighted by atomic mass is 9.97. The second-order valence-corrected chi connectivity index (χ2v) is 5.94. The minimum atomic E-state index is 0.237. The summed E-state index contributed by atoms with van der Waals surface area (Å²) >= 11 is 13.8. The highest BCUT2D eigenvalue weighted by Gasteiger charge is 2.31. The van der Waals surface area contributed by atoms with E-state index in [2.05, 4.69) is 12.3 Å². The molecule has 17 heavy (non-hydrogen) atoms. The molecule has 1 N–H and O–H groups in total. The average molecular weight is 288 g/mol. The van der Waals surface area contributed by atoms with Crippen LogP contribution in [0.4, 0.5) is 5.69 Å².